The van der Waals surface area contributed by atoms with Crippen molar-refractivity contribution in [3.8, 4) is 5.69 Å². The minimum Gasteiger partial charge on any atom is -0.478 e. The number of imidazole rings is 1. The van der Waals surface area contributed by atoms with Crippen LogP contribution in [0.3, 0.4) is 0 Å². The second kappa shape index (κ2) is 4.76. The molecule has 0 atom stereocenters. The fourth-order valence-electron chi connectivity index (χ4n) is 2.33. The van der Waals surface area contributed by atoms with Gasteiger partial charge in [0.25, 0.3) is 0 Å². The minimum atomic E-state index is -0.965. The van der Waals surface area contributed by atoms with E-state index in [1.807, 2.05) is 41.8 Å². The van der Waals surface area contributed by atoms with Gasteiger partial charge in [-0.1, -0.05) is 18.2 Å². The first-order chi connectivity index (χ1) is 9.59. The van der Waals surface area contributed by atoms with Crippen molar-refractivity contribution in [2.24, 2.45) is 0 Å². The Morgan fingerprint density at radius 2 is 1.95 bits per heavy atom. The van der Waals surface area contributed by atoms with Crippen molar-refractivity contribution >= 4 is 32.9 Å². The van der Waals surface area contributed by atoms with Gasteiger partial charge in [0, 0.05) is 4.47 Å². The maximum absolute atomic E-state index is 11.3. The van der Waals surface area contributed by atoms with Crippen LogP contribution in [0, 0.1) is 6.92 Å². The average molecular weight is 331 g/mol. The number of benzene rings is 2. The summed E-state index contributed by atoms with van der Waals surface area (Å²) in [4.78, 5) is 15.7. The van der Waals surface area contributed by atoms with Gasteiger partial charge in [0.15, 0.2) is 0 Å². The van der Waals surface area contributed by atoms with Crippen molar-refractivity contribution in [1.82, 2.24) is 9.55 Å². The lowest BCUT2D eigenvalue weighted by Gasteiger charge is -2.09. The summed E-state index contributed by atoms with van der Waals surface area (Å²) in [5.74, 6) is -0.215. The zero-order valence-corrected chi connectivity index (χ0v) is 12.3. The van der Waals surface area contributed by atoms with Crippen LogP contribution in [0.15, 0.2) is 46.9 Å². The summed E-state index contributed by atoms with van der Waals surface area (Å²) in [5.41, 5.74) is 2.45. The number of aryl methyl sites for hydroxylation is 1. The molecular formula is C15H11BrN2O2. The quantitative estimate of drug-likeness (QED) is 0.777. The molecule has 2 aromatic carbocycles. The highest BCUT2D eigenvalue weighted by molar-refractivity contribution is 9.10. The Balaban J connectivity index is 2.38. The smallest absolute Gasteiger partial charge is 0.337 e. The predicted molar refractivity (Wildman–Crippen MR) is 80.5 cm³/mol. The molecule has 0 aliphatic heterocycles. The molecule has 3 aromatic rings. The van der Waals surface area contributed by atoms with Crippen LogP contribution in [0.25, 0.3) is 16.7 Å². The monoisotopic (exact) mass is 330 g/mol. The van der Waals surface area contributed by atoms with E-state index in [1.54, 1.807) is 12.1 Å². The van der Waals surface area contributed by atoms with Gasteiger partial charge in [-0.2, -0.15) is 0 Å². The Bertz CT molecular complexity index is 824. The molecule has 0 aliphatic rings. The third kappa shape index (κ3) is 1.91. The fourth-order valence-corrected chi connectivity index (χ4v) is 2.79. The molecular weight excluding hydrogens is 320 g/mol. The molecule has 0 saturated heterocycles. The van der Waals surface area contributed by atoms with Crippen LogP contribution >= 0.6 is 15.9 Å². The summed E-state index contributed by atoms with van der Waals surface area (Å²) >= 11 is 3.52. The molecule has 3 rings (SSSR count). The number of carbonyl (C=O) groups is 1. The summed E-state index contributed by atoms with van der Waals surface area (Å²) in [6, 6.07) is 13.0. The number of aromatic carboxylic acids is 1. The zero-order chi connectivity index (χ0) is 14.3. The summed E-state index contributed by atoms with van der Waals surface area (Å²) in [7, 11) is 0. The molecule has 4 nitrogen and oxygen atoms in total. The molecule has 0 radical (unpaired) electrons. The van der Waals surface area contributed by atoms with Crippen LogP contribution in [0.2, 0.25) is 0 Å². The van der Waals surface area contributed by atoms with Gasteiger partial charge in [-0.3, -0.25) is 4.57 Å². The van der Waals surface area contributed by atoms with Gasteiger partial charge in [-0.05, 0) is 47.1 Å². The highest BCUT2D eigenvalue weighted by Gasteiger charge is 2.16. The number of aromatic nitrogens is 2. The Morgan fingerprint density at radius 3 is 2.65 bits per heavy atom. The second-order valence-electron chi connectivity index (χ2n) is 4.42. The molecule has 0 spiro atoms. The Hall–Kier alpha value is -2.14. The number of halogens is 1. The van der Waals surface area contributed by atoms with E-state index in [1.165, 1.54) is 0 Å². The third-order valence-electron chi connectivity index (χ3n) is 3.18. The first-order valence-corrected chi connectivity index (χ1v) is 6.85. The summed E-state index contributed by atoms with van der Waals surface area (Å²) in [5, 5.41) is 9.25. The average Bonchev–Trinajstić information content (AvgIpc) is 2.75. The highest BCUT2D eigenvalue weighted by Crippen LogP contribution is 2.28. The van der Waals surface area contributed by atoms with Crippen LogP contribution < -0.4 is 0 Å². The van der Waals surface area contributed by atoms with Gasteiger partial charge in [-0.15, -0.1) is 0 Å². The van der Waals surface area contributed by atoms with Gasteiger partial charge < -0.3 is 5.11 Å². The van der Waals surface area contributed by atoms with E-state index < -0.39 is 5.97 Å². The normalized spacial score (nSPS) is 10.9. The molecule has 0 aliphatic carbocycles. The summed E-state index contributed by atoms with van der Waals surface area (Å²) in [6.45, 7) is 1.87. The first-order valence-electron chi connectivity index (χ1n) is 6.06. The van der Waals surface area contributed by atoms with Crippen LogP contribution in [-0.2, 0) is 0 Å². The van der Waals surface area contributed by atoms with Crippen molar-refractivity contribution in [3.63, 3.8) is 0 Å². The van der Waals surface area contributed by atoms with Gasteiger partial charge >= 0.3 is 5.97 Å². The standard InChI is InChI=1S/C15H11BrN2O2/c1-9-17-14-10(15(19)20)5-4-8-13(14)18(9)12-7-3-2-6-11(12)16/h2-8H,1H3,(H,19,20). The minimum absolute atomic E-state index is 0.219. The number of rotatable bonds is 2. The lowest BCUT2D eigenvalue weighted by atomic mass is 10.2. The number of para-hydroxylation sites is 2. The van der Waals surface area contributed by atoms with E-state index in [9.17, 15) is 9.90 Å². The maximum atomic E-state index is 11.3. The molecule has 20 heavy (non-hydrogen) atoms. The second-order valence-corrected chi connectivity index (χ2v) is 5.28. The van der Waals surface area contributed by atoms with E-state index in [0.717, 1.165) is 21.5 Å². The van der Waals surface area contributed by atoms with Crippen molar-refractivity contribution in [2.45, 2.75) is 6.92 Å². The molecule has 1 heterocycles. The summed E-state index contributed by atoms with van der Waals surface area (Å²) in [6.07, 6.45) is 0. The van der Waals surface area contributed by atoms with Crippen LogP contribution in [0.1, 0.15) is 16.2 Å². The van der Waals surface area contributed by atoms with Crippen LogP contribution in [0.5, 0.6) is 0 Å². The van der Waals surface area contributed by atoms with Crippen LogP contribution in [-0.4, -0.2) is 20.6 Å². The molecule has 1 N–H and O–H groups in total. The number of carboxylic acid groups (broad SMARTS) is 1. The molecule has 0 fully saturated rings. The van der Waals surface area contributed by atoms with E-state index in [2.05, 4.69) is 20.9 Å². The van der Waals surface area contributed by atoms with Gasteiger partial charge in [-0.25, -0.2) is 9.78 Å². The van der Waals surface area contributed by atoms with Crippen molar-refractivity contribution in [3.05, 3.63) is 58.3 Å². The number of hydrogen-bond donors (Lipinski definition) is 1. The largest absolute Gasteiger partial charge is 0.478 e. The maximum Gasteiger partial charge on any atom is 0.337 e. The lowest BCUT2D eigenvalue weighted by Crippen LogP contribution is -1.99. The lowest BCUT2D eigenvalue weighted by molar-refractivity contribution is 0.0699. The molecule has 5 heteroatoms. The topological polar surface area (TPSA) is 55.1 Å². The Labute approximate surface area is 123 Å². The van der Waals surface area contributed by atoms with Crippen LogP contribution in [0.4, 0.5) is 0 Å². The Kier molecular flexibility index (Phi) is 3.06. The number of fused-ring (bicyclic) bond motifs is 1. The predicted octanol–water partition coefficient (Wildman–Crippen LogP) is 3.79. The third-order valence-corrected chi connectivity index (χ3v) is 3.85. The van der Waals surface area contributed by atoms with E-state index >= 15 is 0 Å². The van der Waals surface area contributed by atoms with Crippen molar-refractivity contribution in [2.75, 3.05) is 0 Å². The molecule has 100 valence electrons. The van der Waals surface area contributed by atoms with Gasteiger partial charge in [0.2, 0.25) is 0 Å². The molecule has 0 bridgehead atoms. The van der Waals surface area contributed by atoms with Crippen molar-refractivity contribution in [1.29, 1.82) is 0 Å². The number of carboxylic acids is 1. The molecule has 1 aromatic heterocycles. The van der Waals surface area contributed by atoms with Gasteiger partial charge in [0.1, 0.15) is 11.3 Å². The van der Waals surface area contributed by atoms with E-state index in [0.29, 0.717) is 5.52 Å². The highest BCUT2D eigenvalue weighted by atomic mass is 79.9. The zero-order valence-electron chi connectivity index (χ0n) is 10.7. The summed E-state index contributed by atoms with van der Waals surface area (Å²) < 4.78 is 2.88. The van der Waals surface area contributed by atoms with Crippen molar-refractivity contribution < 1.29 is 9.90 Å². The van der Waals surface area contributed by atoms with Gasteiger partial charge in [0.05, 0.1) is 16.8 Å². The van der Waals surface area contributed by atoms with E-state index in [-0.39, 0.29) is 5.56 Å². The molecule has 0 saturated carbocycles. The first kappa shape index (κ1) is 12.9. The SMILES string of the molecule is Cc1nc2c(C(=O)O)cccc2n1-c1ccccc1Br. The van der Waals surface area contributed by atoms with E-state index in [4.69, 9.17) is 0 Å². The number of nitrogens with zero attached hydrogens (tertiary/aromatic N) is 2. The number of hydrogen-bond acceptors (Lipinski definition) is 2. The Morgan fingerprint density at radius 1 is 1.20 bits per heavy atom. The fraction of sp³-hybridized carbons (Fsp3) is 0.0667. The molecule has 0 unspecified atom stereocenters. The molecule has 0 amide bonds.